The summed E-state index contributed by atoms with van der Waals surface area (Å²) in [5, 5.41) is 2.49. The van der Waals surface area contributed by atoms with E-state index in [1.54, 1.807) is 18.2 Å². The van der Waals surface area contributed by atoms with Gasteiger partial charge in [-0.25, -0.2) is 0 Å². The Labute approximate surface area is 70.3 Å². The molecule has 1 rings (SSSR count). The number of nitrogen functional groups attached to an aromatic ring is 1. The van der Waals surface area contributed by atoms with E-state index in [1.165, 1.54) is 7.11 Å². The Morgan fingerprint density at radius 2 is 2.33 bits per heavy atom. The number of carbonyl (C=O) groups excluding carboxylic acids is 1. The van der Waals surface area contributed by atoms with Crippen LogP contribution in [0.5, 0.6) is 5.75 Å². The van der Waals surface area contributed by atoms with Gasteiger partial charge in [-0.2, -0.15) is 0 Å². The van der Waals surface area contributed by atoms with E-state index >= 15 is 0 Å². The van der Waals surface area contributed by atoms with Crippen LogP contribution in [0.4, 0.5) is 11.4 Å². The van der Waals surface area contributed by atoms with Gasteiger partial charge in [-0.15, -0.1) is 0 Å². The quantitative estimate of drug-likeness (QED) is 0.516. The van der Waals surface area contributed by atoms with Crippen LogP contribution in [0.3, 0.4) is 0 Å². The molecule has 0 radical (unpaired) electrons. The van der Waals surface area contributed by atoms with Crippen molar-refractivity contribution in [2.24, 2.45) is 0 Å². The van der Waals surface area contributed by atoms with Crippen LogP contribution in [-0.4, -0.2) is 13.5 Å². The first kappa shape index (κ1) is 8.39. The van der Waals surface area contributed by atoms with Gasteiger partial charge < -0.3 is 15.8 Å². The van der Waals surface area contributed by atoms with E-state index in [-0.39, 0.29) is 0 Å². The lowest BCUT2D eigenvalue weighted by molar-refractivity contribution is -0.105. The van der Waals surface area contributed by atoms with Gasteiger partial charge in [0.1, 0.15) is 5.75 Å². The molecule has 4 heteroatoms. The minimum absolute atomic E-state index is 0.558. The topological polar surface area (TPSA) is 64.3 Å². The minimum atomic E-state index is 0.558. The number of methoxy groups -OCH3 is 1. The predicted molar refractivity (Wildman–Crippen MR) is 47.1 cm³/mol. The smallest absolute Gasteiger partial charge is 0.211 e. The van der Waals surface area contributed by atoms with E-state index < -0.39 is 0 Å². The number of benzene rings is 1. The van der Waals surface area contributed by atoms with Gasteiger partial charge in [-0.1, -0.05) is 0 Å². The van der Waals surface area contributed by atoms with E-state index in [0.717, 1.165) is 0 Å². The van der Waals surface area contributed by atoms with Crippen LogP contribution < -0.4 is 15.8 Å². The zero-order chi connectivity index (χ0) is 8.97. The zero-order valence-electron chi connectivity index (χ0n) is 6.70. The third-order valence-corrected chi connectivity index (χ3v) is 1.44. The van der Waals surface area contributed by atoms with E-state index in [9.17, 15) is 4.79 Å². The van der Waals surface area contributed by atoms with Crippen molar-refractivity contribution in [1.29, 1.82) is 0 Å². The molecule has 0 saturated heterocycles. The van der Waals surface area contributed by atoms with E-state index in [0.29, 0.717) is 23.5 Å². The number of hydrogen-bond acceptors (Lipinski definition) is 3. The van der Waals surface area contributed by atoms with E-state index in [4.69, 9.17) is 10.5 Å². The summed E-state index contributed by atoms with van der Waals surface area (Å²) < 4.78 is 4.98. The third-order valence-electron chi connectivity index (χ3n) is 1.44. The first-order chi connectivity index (χ1) is 5.77. The highest BCUT2D eigenvalue weighted by atomic mass is 16.5. The van der Waals surface area contributed by atoms with Crippen LogP contribution in [0, 0.1) is 0 Å². The fourth-order valence-corrected chi connectivity index (χ4v) is 0.891. The van der Waals surface area contributed by atoms with Crippen molar-refractivity contribution >= 4 is 17.8 Å². The number of nitrogens with two attached hydrogens (primary N) is 1. The molecule has 1 aromatic rings. The predicted octanol–water partition coefficient (Wildman–Crippen LogP) is 0.846. The largest absolute Gasteiger partial charge is 0.494 e. The van der Waals surface area contributed by atoms with Crippen LogP contribution in [0.2, 0.25) is 0 Å². The molecule has 3 N–H and O–H groups in total. The molecule has 1 amide bonds. The lowest BCUT2D eigenvalue weighted by Gasteiger charge is -2.06. The Morgan fingerprint density at radius 3 is 2.92 bits per heavy atom. The van der Waals surface area contributed by atoms with Gasteiger partial charge in [0.25, 0.3) is 0 Å². The second-order valence-corrected chi connectivity index (χ2v) is 2.22. The average Bonchev–Trinajstić information content (AvgIpc) is 2.08. The van der Waals surface area contributed by atoms with Crippen molar-refractivity contribution in [1.82, 2.24) is 0 Å². The van der Waals surface area contributed by atoms with Gasteiger partial charge >= 0.3 is 0 Å². The Hall–Kier alpha value is -1.71. The minimum Gasteiger partial charge on any atom is -0.494 e. The molecular weight excluding hydrogens is 156 g/mol. The maximum atomic E-state index is 10.1. The molecule has 0 aliphatic heterocycles. The van der Waals surface area contributed by atoms with Crippen molar-refractivity contribution < 1.29 is 9.53 Å². The van der Waals surface area contributed by atoms with Gasteiger partial charge in [0.15, 0.2) is 0 Å². The number of amides is 1. The summed E-state index contributed by atoms with van der Waals surface area (Å²) in [7, 11) is 1.52. The summed E-state index contributed by atoms with van der Waals surface area (Å²) in [5.74, 6) is 0.558. The second-order valence-electron chi connectivity index (χ2n) is 2.22. The number of hydrogen-bond donors (Lipinski definition) is 2. The SMILES string of the molecule is COc1cc(N)ccc1NC=O. The zero-order valence-corrected chi connectivity index (χ0v) is 6.70. The number of rotatable bonds is 3. The van der Waals surface area contributed by atoms with Gasteiger partial charge in [0, 0.05) is 11.8 Å². The first-order valence-corrected chi connectivity index (χ1v) is 3.41. The Morgan fingerprint density at radius 1 is 1.58 bits per heavy atom. The molecule has 0 spiro atoms. The summed E-state index contributed by atoms with van der Waals surface area (Å²) in [5.41, 5.74) is 6.72. The Kier molecular flexibility index (Phi) is 2.53. The summed E-state index contributed by atoms with van der Waals surface area (Å²) in [4.78, 5) is 10.1. The molecule has 0 bridgehead atoms. The highest BCUT2D eigenvalue weighted by Crippen LogP contribution is 2.25. The number of nitrogens with one attached hydrogen (secondary N) is 1. The molecule has 0 fully saturated rings. The van der Waals surface area contributed by atoms with Crippen molar-refractivity contribution in [3.8, 4) is 5.75 Å². The fourth-order valence-electron chi connectivity index (χ4n) is 0.891. The summed E-state index contributed by atoms with van der Waals surface area (Å²) in [6, 6.07) is 5.02. The maximum Gasteiger partial charge on any atom is 0.211 e. The summed E-state index contributed by atoms with van der Waals surface area (Å²) >= 11 is 0. The monoisotopic (exact) mass is 166 g/mol. The lowest BCUT2D eigenvalue weighted by Crippen LogP contribution is -1.98. The lowest BCUT2D eigenvalue weighted by atomic mass is 10.2. The summed E-state index contributed by atoms with van der Waals surface area (Å²) in [6.07, 6.45) is 0.591. The standard InChI is InChI=1S/C8H10N2O2/c1-12-8-4-6(9)2-3-7(8)10-5-11/h2-5H,9H2,1H3,(H,10,11). The molecule has 1 aromatic carbocycles. The van der Waals surface area contributed by atoms with Crippen LogP contribution in [0.15, 0.2) is 18.2 Å². The molecule has 64 valence electrons. The van der Waals surface area contributed by atoms with Gasteiger partial charge in [-0.05, 0) is 12.1 Å². The molecule has 0 aliphatic rings. The normalized spacial score (nSPS) is 9.08. The van der Waals surface area contributed by atoms with Crippen LogP contribution in [0.25, 0.3) is 0 Å². The maximum absolute atomic E-state index is 10.1. The van der Waals surface area contributed by atoms with Crippen molar-refractivity contribution in [2.75, 3.05) is 18.2 Å². The van der Waals surface area contributed by atoms with Crippen molar-refractivity contribution in [3.63, 3.8) is 0 Å². The highest BCUT2D eigenvalue weighted by molar-refractivity contribution is 5.76. The highest BCUT2D eigenvalue weighted by Gasteiger charge is 2.00. The van der Waals surface area contributed by atoms with Gasteiger partial charge in [0.2, 0.25) is 6.41 Å². The molecule has 0 aliphatic carbocycles. The third kappa shape index (κ3) is 1.66. The molecule has 12 heavy (non-hydrogen) atoms. The fraction of sp³-hybridized carbons (Fsp3) is 0.125. The van der Waals surface area contributed by atoms with Crippen LogP contribution >= 0.6 is 0 Å². The molecule has 0 unspecified atom stereocenters. The van der Waals surface area contributed by atoms with Crippen LogP contribution in [0.1, 0.15) is 0 Å². The molecular formula is C8H10N2O2. The molecule has 0 atom stereocenters. The Balaban J connectivity index is 3.01. The van der Waals surface area contributed by atoms with Gasteiger partial charge in [-0.3, -0.25) is 4.79 Å². The summed E-state index contributed by atoms with van der Waals surface area (Å²) in [6.45, 7) is 0. The van der Waals surface area contributed by atoms with Crippen LogP contribution in [-0.2, 0) is 4.79 Å². The number of ether oxygens (including phenoxy) is 1. The molecule has 0 saturated carbocycles. The van der Waals surface area contributed by atoms with E-state index in [1.807, 2.05) is 0 Å². The molecule has 0 aromatic heterocycles. The average molecular weight is 166 g/mol. The molecule has 0 heterocycles. The van der Waals surface area contributed by atoms with Crippen molar-refractivity contribution in [2.45, 2.75) is 0 Å². The Bertz CT molecular complexity index is 286. The number of carbonyl (C=O) groups is 1. The van der Waals surface area contributed by atoms with Crippen molar-refractivity contribution in [3.05, 3.63) is 18.2 Å². The van der Waals surface area contributed by atoms with E-state index in [2.05, 4.69) is 5.32 Å². The number of anilines is 2. The second kappa shape index (κ2) is 3.61. The molecule has 4 nitrogen and oxygen atoms in total. The van der Waals surface area contributed by atoms with Gasteiger partial charge in [0.05, 0.1) is 12.8 Å². The first-order valence-electron chi connectivity index (χ1n) is 3.41.